The van der Waals surface area contributed by atoms with Crippen molar-refractivity contribution in [3.8, 4) is 0 Å². The smallest absolute Gasteiger partial charge is 0.332 e. The molecule has 1 aliphatic rings. The Bertz CT molecular complexity index is 443. The molecule has 0 aromatic carbocycles. The SMILES string of the molecule is COC(=O)C(C)(NC1CCCC1)c1ccc(F)cn1. The average Bonchev–Trinajstić information content (AvgIpc) is 2.91. The number of hydrogen-bond acceptors (Lipinski definition) is 4. The van der Waals surface area contributed by atoms with E-state index in [1.54, 1.807) is 6.92 Å². The summed E-state index contributed by atoms with van der Waals surface area (Å²) in [5.74, 6) is -0.824. The van der Waals surface area contributed by atoms with Crippen LogP contribution in [0.5, 0.6) is 0 Å². The van der Waals surface area contributed by atoms with Crippen molar-refractivity contribution in [2.24, 2.45) is 0 Å². The van der Waals surface area contributed by atoms with Crippen LogP contribution in [0.1, 0.15) is 38.3 Å². The molecule has 104 valence electrons. The average molecular weight is 266 g/mol. The Morgan fingerprint density at radius 1 is 1.47 bits per heavy atom. The van der Waals surface area contributed by atoms with Gasteiger partial charge >= 0.3 is 5.97 Å². The van der Waals surface area contributed by atoms with Crippen molar-refractivity contribution in [3.05, 3.63) is 29.8 Å². The van der Waals surface area contributed by atoms with Gasteiger partial charge in [-0.05, 0) is 31.9 Å². The number of esters is 1. The quantitative estimate of drug-likeness (QED) is 0.848. The predicted octanol–water partition coefficient (Wildman–Crippen LogP) is 2.14. The number of hydrogen-bond donors (Lipinski definition) is 1. The maximum Gasteiger partial charge on any atom is 0.332 e. The van der Waals surface area contributed by atoms with Crippen molar-refractivity contribution < 1.29 is 13.9 Å². The van der Waals surface area contributed by atoms with Crippen LogP contribution in [0.2, 0.25) is 0 Å². The summed E-state index contributed by atoms with van der Waals surface area (Å²) >= 11 is 0. The first-order chi connectivity index (χ1) is 9.06. The zero-order valence-corrected chi connectivity index (χ0v) is 11.3. The second-order valence-corrected chi connectivity index (χ2v) is 5.10. The summed E-state index contributed by atoms with van der Waals surface area (Å²) < 4.78 is 17.8. The van der Waals surface area contributed by atoms with Gasteiger partial charge in [-0.2, -0.15) is 0 Å². The lowest BCUT2D eigenvalue weighted by Crippen LogP contribution is -2.51. The van der Waals surface area contributed by atoms with Crippen LogP contribution in [0.3, 0.4) is 0 Å². The van der Waals surface area contributed by atoms with E-state index in [9.17, 15) is 9.18 Å². The number of carbonyl (C=O) groups is 1. The Kier molecular flexibility index (Phi) is 4.14. The molecule has 2 rings (SSSR count). The minimum atomic E-state index is -1.03. The number of nitrogens with one attached hydrogen (secondary N) is 1. The van der Waals surface area contributed by atoms with Gasteiger partial charge in [0.1, 0.15) is 5.82 Å². The molecule has 4 nitrogen and oxygen atoms in total. The van der Waals surface area contributed by atoms with Crippen LogP contribution < -0.4 is 5.32 Å². The van der Waals surface area contributed by atoms with Gasteiger partial charge in [0.05, 0.1) is 19.0 Å². The molecule has 1 fully saturated rings. The summed E-state index contributed by atoms with van der Waals surface area (Å²) in [6.07, 6.45) is 5.51. The van der Waals surface area contributed by atoms with Gasteiger partial charge in [0, 0.05) is 6.04 Å². The summed E-state index contributed by atoms with van der Waals surface area (Å²) in [6.45, 7) is 1.73. The van der Waals surface area contributed by atoms with Gasteiger partial charge in [-0.1, -0.05) is 12.8 Å². The van der Waals surface area contributed by atoms with E-state index >= 15 is 0 Å². The van der Waals surface area contributed by atoms with E-state index in [4.69, 9.17) is 4.74 Å². The standard InChI is InChI=1S/C14H19FN2O2/c1-14(13(18)19-2,17-11-5-3-4-6-11)12-8-7-10(15)9-16-12/h7-9,11,17H,3-6H2,1-2H3. The fourth-order valence-electron chi connectivity index (χ4n) is 2.59. The minimum absolute atomic E-state index is 0.274. The highest BCUT2D eigenvalue weighted by molar-refractivity contribution is 5.81. The number of rotatable bonds is 4. The number of aromatic nitrogens is 1. The van der Waals surface area contributed by atoms with Crippen molar-refractivity contribution in [1.29, 1.82) is 0 Å². The first kappa shape index (κ1) is 13.9. The lowest BCUT2D eigenvalue weighted by Gasteiger charge is -2.30. The van der Waals surface area contributed by atoms with Gasteiger partial charge in [-0.15, -0.1) is 0 Å². The van der Waals surface area contributed by atoms with Crippen molar-refractivity contribution in [2.75, 3.05) is 7.11 Å². The van der Waals surface area contributed by atoms with Gasteiger partial charge in [-0.3, -0.25) is 10.3 Å². The fraction of sp³-hybridized carbons (Fsp3) is 0.571. The van der Waals surface area contributed by atoms with Crippen LogP contribution in [-0.4, -0.2) is 24.1 Å². The number of ether oxygens (including phenoxy) is 1. The Hall–Kier alpha value is -1.49. The van der Waals surface area contributed by atoms with E-state index in [0.29, 0.717) is 5.69 Å². The molecule has 1 aliphatic carbocycles. The zero-order chi connectivity index (χ0) is 13.9. The van der Waals surface area contributed by atoms with E-state index < -0.39 is 17.3 Å². The van der Waals surface area contributed by atoms with Crippen molar-refractivity contribution >= 4 is 5.97 Å². The molecule has 1 aromatic rings. The molecular weight excluding hydrogens is 247 g/mol. The molecule has 0 aliphatic heterocycles. The lowest BCUT2D eigenvalue weighted by atomic mass is 9.95. The van der Waals surface area contributed by atoms with Crippen LogP contribution in [0, 0.1) is 5.82 Å². The van der Waals surface area contributed by atoms with Crippen LogP contribution in [-0.2, 0) is 15.1 Å². The molecule has 1 aromatic heterocycles. The third kappa shape index (κ3) is 2.92. The maximum atomic E-state index is 13.0. The van der Waals surface area contributed by atoms with E-state index in [0.717, 1.165) is 31.9 Å². The molecule has 0 amide bonds. The highest BCUT2D eigenvalue weighted by Crippen LogP contribution is 2.26. The summed E-state index contributed by atoms with van der Waals surface area (Å²) in [4.78, 5) is 16.1. The molecule has 19 heavy (non-hydrogen) atoms. The normalized spacial score (nSPS) is 19.1. The molecule has 1 saturated carbocycles. The number of nitrogens with zero attached hydrogens (tertiary/aromatic N) is 1. The molecule has 0 saturated heterocycles. The van der Waals surface area contributed by atoms with Crippen LogP contribution in [0.25, 0.3) is 0 Å². The molecule has 1 atom stereocenters. The van der Waals surface area contributed by atoms with E-state index in [2.05, 4.69) is 10.3 Å². The third-order valence-electron chi connectivity index (χ3n) is 3.68. The molecule has 5 heteroatoms. The second kappa shape index (κ2) is 5.65. The monoisotopic (exact) mass is 266 g/mol. The van der Waals surface area contributed by atoms with Crippen LogP contribution in [0.4, 0.5) is 4.39 Å². The van der Waals surface area contributed by atoms with E-state index in [-0.39, 0.29) is 6.04 Å². The molecule has 0 spiro atoms. The Labute approximate surface area is 112 Å². The number of methoxy groups -OCH3 is 1. The second-order valence-electron chi connectivity index (χ2n) is 5.10. The largest absolute Gasteiger partial charge is 0.467 e. The summed E-state index contributed by atoms with van der Waals surface area (Å²) in [5.41, 5.74) is -0.551. The Morgan fingerprint density at radius 3 is 2.68 bits per heavy atom. The molecule has 1 heterocycles. The molecule has 0 radical (unpaired) electrons. The number of pyridine rings is 1. The van der Waals surface area contributed by atoms with E-state index in [1.165, 1.54) is 19.2 Å². The van der Waals surface area contributed by atoms with Crippen LogP contribution >= 0.6 is 0 Å². The number of carbonyl (C=O) groups excluding carboxylic acids is 1. The molecule has 1 unspecified atom stereocenters. The van der Waals surface area contributed by atoms with Crippen molar-refractivity contribution in [2.45, 2.75) is 44.2 Å². The zero-order valence-electron chi connectivity index (χ0n) is 11.3. The lowest BCUT2D eigenvalue weighted by molar-refractivity contribution is -0.149. The maximum absolute atomic E-state index is 13.0. The van der Waals surface area contributed by atoms with Crippen molar-refractivity contribution in [1.82, 2.24) is 10.3 Å². The minimum Gasteiger partial charge on any atom is -0.467 e. The van der Waals surface area contributed by atoms with Gasteiger partial charge in [0.2, 0.25) is 0 Å². The molecule has 1 N–H and O–H groups in total. The highest BCUT2D eigenvalue weighted by atomic mass is 19.1. The van der Waals surface area contributed by atoms with Crippen molar-refractivity contribution in [3.63, 3.8) is 0 Å². The van der Waals surface area contributed by atoms with E-state index in [1.807, 2.05) is 0 Å². The van der Waals surface area contributed by atoms with Crippen LogP contribution in [0.15, 0.2) is 18.3 Å². The Morgan fingerprint density at radius 2 is 2.16 bits per heavy atom. The molecular formula is C14H19FN2O2. The van der Waals surface area contributed by atoms with Gasteiger partial charge in [-0.25, -0.2) is 9.18 Å². The topological polar surface area (TPSA) is 51.2 Å². The summed E-state index contributed by atoms with van der Waals surface area (Å²) in [6, 6.07) is 3.10. The Balaban J connectivity index is 2.27. The number of halogens is 1. The first-order valence-electron chi connectivity index (χ1n) is 6.54. The molecule has 0 bridgehead atoms. The van der Waals surface area contributed by atoms with Gasteiger partial charge in [0.15, 0.2) is 5.54 Å². The summed E-state index contributed by atoms with van der Waals surface area (Å²) in [5, 5.41) is 3.32. The summed E-state index contributed by atoms with van der Waals surface area (Å²) in [7, 11) is 1.35. The first-order valence-corrected chi connectivity index (χ1v) is 6.54. The van der Waals surface area contributed by atoms with Gasteiger partial charge < -0.3 is 4.74 Å². The fourth-order valence-corrected chi connectivity index (χ4v) is 2.59. The van der Waals surface area contributed by atoms with Gasteiger partial charge in [0.25, 0.3) is 0 Å². The predicted molar refractivity (Wildman–Crippen MR) is 69.0 cm³/mol. The highest BCUT2D eigenvalue weighted by Gasteiger charge is 2.40. The third-order valence-corrected chi connectivity index (χ3v) is 3.68.